The third kappa shape index (κ3) is 12.6. The molecular formula is C30H42O4. The van der Waals surface area contributed by atoms with Crippen LogP contribution in [0.2, 0.25) is 0 Å². The molecule has 0 spiro atoms. The Morgan fingerprint density at radius 2 is 0.735 bits per heavy atom. The van der Waals surface area contributed by atoms with Crippen molar-refractivity contribution in [1.82, 2.24) is 0 Å². The van der Waals surface area contributed by atoms with Crippen molar-refractivity contribution < 1.29 is 19.8 Å². The van der Waals surface area contributed by atoms with Crippen molar-refractivity contribution in [3.63, 3.8) is 0 Å². The first kappa shape index (κ1) is 27.6. The molecule has 186 valence electrons. The second-order valence-corrected chi connectivity index (χ2v) is 9.42. The van der Waals surface area contributed by atoms with E-state index in [0.29, 0.717) is 12.8 Å². The van der Waals surface area contributed by atoms with E-state index in [2.05, 4.69) is 48.5 Å². The van der Waals surface area contributed by atoms with Crippen molar-refractivity contribution in [1.29, 1.82) is 0 Å². The molecule has 0 heterocycles. The predicted octanol–water partition coefficient (Wildman–Crippen LogP) is 8.07. The number of rotatable bonds is 19. The van der Waals surface area contributed by atoms with E-state index in [1.54, 1.807) is 0 Å². The summed E-state index contributed by atoms with van der Waals surface area (Å²) in [6, 6.07) is 17.9. The minimum Gasteiger partial charge on any atom is -0.481 e. The summed E-state index contributed by atoms with van der Waals surface area (Å²) in [5.74, 6) is -1.37. The second-order valence-electron chi connectivity index (χ2n) is 9.42. The van der Waals surface area contributed by atoms with Crippen molar-refractivity contribution in [3.8, 4) is 11.1 Å². The molecule has 0 aromatic heterocycles. The van der Waals surface area contributed by atoms with E-state index in [9.17, 15) is 9.59 Å². The topological polar surface area (TPSA) is 74.6 Å². The summed E-state index contributed by atoms with van der Waals surface area (Å²) >= 11 is 0. The lowest BCUT2D eigenvalue weighted by Crippen LogP contribution is -1.93. The number of hydrogen-bond acceptors (Lipinski definition) is 2. The van der Waals surface area contributed by atoms with Gasteiger partial charge in [0.15, 0.2) is 0 Å². The van der Waals surface area contributed by atoms with Gasteiger partial charge in [0.2, 0.25) is 0 Å². The van der Waals surface area contributed by atoms with Gasteiger partial charge < -0.3 is 10.2 Å². The van der Waals surface area contributed by atoms with Crippen LogP contribution in [0.25, 0.3) is 11.1 Å². The Hall–Kier alpha value is -2.62. The predicted molar refractivity (Wildman–Crippen MR) is 139 cm³/mol. The molecular weight excluding hydrogens is 424 g/mol. The monoisotopic (exact) mass is 466 g/mol. The number of aliphatic carboxylic acids is 2. The van der Waals surface area contributed by atoms with Crippen LogP contribution < -0.4 is 0 Å². The Bertz CT molecular complexity index is 752. The lowest BCUT2D eigenvalue weighted by Gasteiger charge is -2.07. The van der Waals surface area contributed by atoms with Gasteiger partial charge in [-0.1, -0.05) is 99.9 Å². The summed E-state index contributed by atoms with van der Waals surface area (Å²) in [7, 11) is 0. The van der Waals surface area contributed by atoms with Crippen LogP contribution in [0.4, 0.5) is 0 Å². The van der Waals surface area contributed by atoms with Crippen LogP contribution in [0.5, 0.6) is 0 Å². The molecule has 2 N–H and O–H groups in total. The molecule has 0 aliphatic rings. The first-order valence-corrected chi connectivity index (χ1v) is 13.2. The van der Waals surface area contributed by atoms with E-state index in [4.69, 9.17) is 10.2 Å². The van der Waals surface area contributed by atoms with Crippen molar-refractivity contribution in [2.75, 3.05) is 0 Å². The zero-order chi connectivity index (χ0) is 24.4. The highest BCUT2D eigenvalue weighted by Crippen LogP contribution is 2.22. The average molecular weight is 467 g/mol. The van der Waals surface area contributed by atoms with Crippen LogP contribution in [0.1, 0.15) is 101 Å². The lowest BCUT2D eigenvalue weighted by atomic mass is 9.98. The number of hydrogen-bond donors (Lipinski definition) is 2. The van der Waals surface area contributed by atoms with Crippen LogP contribution in [0, 0.1) is 0 Å². The largest absolute Gasteiger partial charge is 0.481 e. The van der Waals surface area contributed by atoms with E-state index in [1.807, 2.05) is 0 Å². The van der Waals surface area contributed by atoms with Gasteiger partial charge in [-0.15, -0.1) is 0 Å². The van der Waals surface area contributed by atoms with Crippen molar-refractivity contribution in [2.24, 2.45) is 0 Å². The smallest absolute Gasteiger partial charge is 0.303 e. The molecule has 4 heteroatoms. The highest BCUT2D eigenvalue weighted by Gasteiger charge is 2.02. The number of benzene rings is 2. The van der Waals surface area contributed by atoms with Gasteiger partial charge in [0, 0.05) is 12.8 Å². The summed E-state index contributed by atoms with van der Waals surface area (Å²) in [5.41, 5.74) is 5.29. The number of aryl methyl sites for hydroxylation is 2. The summed E-state index contributed by atoms with van der Waals surface area (Å²) in [4.78, 5) is 21.0. The average Bonchev–Trinajstić information content (AvgIpc) is 2.83. The minimum absolute atomic E-state index is 0.299. The normalized spacial score (nSPS) is 10.9. The Balaban J connectivity index is 1.59. The molecule has 0 amide bonds. The van der Waals surface area contributed by atoms with Crippen molar-refractivity contribution in [2.45, 2.75) is 103 Å². The molecule has 2 aromatic carbocycles. The van der Waals surface area contributed by atoms with Crippen LogP contribution in [0.3, 0.4) is 0 Å². The van der Waals surface area contributed by atoms with E-state index < -0.39 is 11.9 Å². The van der Waals surface area contributed by atoms with Gasteiger partial charge in [-0.2, -0.15) is 0 Å². The maximum Gasteiger partial charge on any atom is 0.303 e. The highest BCUT2D eigenvalue weighted by atomic mass is 16.4. The summed E-state index contributed by atoms with van der Waals surface area (Å²) < 4.78 is 0. The van der Waals surface area contributed by atoms with Gasteiger partial charge in [-0.25, -0.2) is 0 Å². The van der Waals surface area contributed by atoms with Gasteiger partial charge >= 0.3 is 11.9 Å². The maximum absolute atomic E-state index is 10.5. The van der Waals surface area contributed by atoms with Crippen LogP contribution in [-0.4, -0.2) is 22.2 Å². The van der Waals surface area contributed by atoms with Gasteiger partial charge in [0.05, 0.1) is 0 Å². The molecule has 0 aliphatic carbocycles. The molecule has 0 fully saturated rings. The molecule has 0 unspecified atom stereocenters. The first-order chi connectivity index (χ1) is 16.5. The fourth-order valence-electron chi connectivity index (χ4n) is 4.35. The van der Waals surface area contributed by atoms with Gasteiger partial charge in [0.25, 0.3) is 0 Å². The molecule has 4 nitrogen and oxygen atoms in total. The standard InChI is InChI=1S/C30H42O4/c31-29(32)15-11-7-3-1-5-9-13-25-17-21-27(22-18-25)28-23-19-26(20-24-28)14-10-6-2-4-8-12-16-30(33)34/h17-24H,1-16H2,(H,31,32)(H,33,34). The number of carbonyl (C=O) groups is 2. The minimum atomic E-state index is -0.686. The Labute approximate surface area is 205 Å². The molecule has 0 saturated carbocycles. The van der Waals surface area contributed by atoms with E-state index in [1.165, 1.54) is 60.8 Å². The number of unbranched alkanes of at least 4 members (excludes halogenated alkanes) is 10. The molecule has 34 heavy (non-hydrogen) atoms. The Morgan fingerprint density at radius 1 is 0.441 bits per heavy atom. The fraction of sp³-hybridized carbons (Fsp3) is 0.533. The second kappa shape index (κ2) is 16.9. The molecule has 0 atom stereocenters. The van der Waals surface area contributed by atoms with Gasteiger partial charge in [0.1, 0.15) is 0 Å². The molecule has 2 rings (SSSR count). The zero-order valence-electron chi connectivity index (χ0n) is 20.6. The van der Waals surface area contributed by atoms with E-state index >= 15 is 0 Å². The number of carboxylic acids is 2. The van der Waals surface area contributed by atoms with Gasteiger partial charge in [-0.3, -0.25) is 9.59 Å². The molecule has 0 radical (unpaired) electrons. The summed E-state index contributed by atoms with van der Waals surface area (Å²) in [6.07, 6.45) is 15.9. The third-order valence-corrected chi connectivity index (χ3v) is 6.45. The maximum atomic E-state index is 10.5. The molecule has 2 aromatic rings. The van der Waals surface area contributed by atoms with E-state index in [-0.39, 0.29) is 0 Å². The highest BCUT2D eigenvalue weighted by molar-refractivity contribution is 5.67. The quantitative estimate of drug-likeness (QED) is 0.205. The Kier molecular flexibility index (Phi) is 13.7. The van der Waals surface area contributed by atoms with Crippen LogP contribution >= 0.6 is 0 Å². The fourth-order valence-corrected chi connectivity index (χ4v) is 4.35. The molecule has 0 bridgehead atoms. The zero-order valence-corrected chi connectivity index (χ0v) is 20.6. The SMILES string of the molecule is O=C(O)CCCCCCCCc1ccc(-c2ccc(CCCCCCCCC(=O)O)cc2)cc1. The van der Waals surface area contributed by atoms with Gasteiger partial charge in [-0.05, 0) is 60.8 Å². The molecule has 0 saturated heterocycles. The van der Waals surface area contributed by atoms with Crippen molar-refractivity contribution >= 4 is 11.9 Å². The number of carboxylic acid groups (broad SMARTS) is 2. The first-order valence-electron chi connectivity index (χ1n) is 13.2. The van der Waals surface area contributed by atoms with Crippen LogP contribution in [-0.2, 0) is 22.4 Å². The lowest BCUT2D eigenvalue weighted by molar-refractivity contribution is -0.138. The van der Waals surface area contributed by atoms with Crippen molar-refractivity contribution in [3.05, 3.63) is 59.7 Å². The van der Waals surface area contributed by atoms with Crippen LogP contribution in [0.15, 0.2) is 48.5 Å². The molecule has 0 aliphatic heterocycles. The third-order valence-electron chi connectivity index (χ3n) is 6.45. The Morgan fingerprint density at radius 3 is 1.06 bits per heavy atom. The summed E-state index contributed by atoms with van der Waals surface area (Å²) in [6.45, 7) is 0. The summed E-state index contributed by atoms with van der Waals surface area (Å²) in [5, 5.41) is 17.3. The van der Waals surface area contributed by atoms with E-state index in [0.717, 1.165) is 51.4 Å².